The maximum absolute atomic E-state index is 10.8. The summed E-state index contributed by atoms with van der Waals surface area (Å²) in [4.78, 5) is 12.4. The van der Waals surface area contributed by atoms with Gasteiger partial charge in [-0.25, -0.2) is 10.6 Å². The van der Waals surface area contributed by atoms with E-state index in [0.29, 0.717) is 26.3 Å². The third kappa shape index (κ3) is 1.58. The molecule has 0 saturated carbocycles. The topological polar surface area (TPSA) is 67.6 Å². The molecular weight excluding hydrogens is 134 g/mol. The second-order valence-corrected chi connectivity index (χ2v) is 2.05. The van der Waals surface area contributed by atoms with E-state index in [1.54, 1.807) is 4.90 Å². The summed E-state index contributed by atoms with van der Waals surface area (Å²) in [5, 5.41) is 0. The average molecular weight is 145 g/mol. The SMILES string of the molecule is NNC(=O)N1CCOCC1. The van der Waals surface area contributed by atoms with E-state index in [2.05, 4.69) is 5.43 Å². The molecule has 3 N–H and O–H groups in total. The van der Waals surface area contributed by atoms with Crippen molar-refractivity contribution in [2.45, 2.75) is 0 Å². The van der Waals surface area contributed by atoms with Crippen molar-refractivity contribution in [3.05, 3.63) is 0 Å². The second kappa shape index (κ2) is 3.38. The van der Waals surface area contributed by atoms with E-state index in [9.17, 15) is 4.79 Å². The van der Waals surface area contributed by atoms with Crippen molar-refractivity contribution >= 4 is 6.03 Å². The van der Waals surface area contributed by atoms with Crippen LogP contribution < -0.4 is 11.3 Å². The van der Waals surface area contributed by atoms with E-state index in [1.807, 2.05) is 0 Å². The highest BCUT2D eigenvalue weighted by molar-refractivity contribution is 5.73. The smallest absolute Gasteiger partial charge is 0.331 e. The fraction of sp³-hybridized carbons (Fsp3) is 0.800. The van der Waals surface area contributed by atoms with Gasteiger partial charge in [-0.05, 0) is 0 Å². The highest BCUT2D eigenvalue weighted by Gasteiger charge is 2.14. The number of morpholine rings is 1. The van der Waals surface area contributed by atoms with Crippen LogP contribution in [-0.4, -0.2) is 37.2 Å². The number of hydrogen-bond donors (Lipinski definition) is 2. The molecule has 2 amide bonds. The third-order valence-electron chi connectivity index (χ3n) is 1.42. The fourth-order valence-electron chi connectivity index (χ4n) is 0.858. The minimum atomic E-state index is -0.233. The molecule has 1 heterocycles. The lowest BCUT2D eigenvalue weighted by Crippen LogP contribution is -2.48. The second-order valence-electron chi connectivity index (χ2n) is 2.05. The van der Waals surface area contributed by atoms with Crippen LogP contribution in [0.5, 0.6) is 0 Å². The van der Waals surface area contributed by atoms with E-state index >= 15 is 0 Å². The maximum atomic E-state index is 10.8. The largest absolute Gasteiger partial charge is 0.378 e. The number of nitrogens with one attached hydrogen (secondary N) is 1. The summed E-state index contributed by atoms with van der Waals surface area (Å²) in [5.41, 5.74) is 2.07. The van der Waals surface area contributed by atoms with Gasteiger partial charge in [-0.3, -0.25) is 5.43 Å². The Morgan fingerprint density at radius 3 is 2.60 bits per heavy atom. The Labute approximate surface area is 59.1 Å². The van der Waals surface area contributed by atoms with Crippen molar-refractivity contribution in [1.29, 1.82) is 0 Å². The summed E-state index contributed by atoms with van der Waals surface area (Å²) in [6.45, 7) is 2.47. The quantitative estimate of drug-likeness (QED) is 0.258. The molecule has 0 aliphatic carbocycles. The van der Waals surface area contributed by atoms with E-state index in [4.69, 9.17) is 10.6 Å². The molecule has 1 aliphatic rings. The van der Waals surface area contributed by atoms with Crippen LogP contribution in [0, 0.1) is 0 Å². The van der Waals surface area contributed by atoms with Crippen molar-refractivity contribution < 1.29 is 9.53 Å². The van der Waals surface area contributed by atoms with Crippen molar-refractivity contribution in [2.24, 2.45) is 5.84 Å². The molecule has 0 spiro atoms. The summed E-state index contributed by atoms with van der Waals surface area (Å²) in [6, 6.07) is -0.233. The van der Waals surface area contributed by atoms with Gasteiger partial charge in [-0.15, -0.1) is 0 Å². The molecule has 10 heavy (non-hydrogen) atoms. The monoisotopic (exact) mass is 145 g/mol. The summed E-state index contributed by atoms with van der Waals surface area (Å²) >= 11 is 0. The average Bonchev–Trinajstić information content (AvgIpc) is 2.05. The lowest BCUT2D eigenvalue weighted by Gasteiger charge is -2.25. The molecule has 58 valence electrons. The molecule has 1 aliphatic heterocycles. The van der Waals surface area contributed by atoms with Gasteiger partial charge in [0.1, 0.15) is 0 Å². The molecule has 0 bridgehead atoms. The molecule has 5 nitrogen and oxygen atoms in total. The molecule has 0 aromatic heterocycles. The van der Waals surface area contributed by atoms with Gasteiger partial charge in [0.05, 0.1) is 13.2 Å². The van der Waals surface area contributed by atoms with Crippen LogP contribution in [0.1, 0.15) is 0 Å². The zero-order valence-corrected chi connectivity index (χ0v) is 5.67. The number of hydrogen-bond acceptors (Lipinski definition) is 3. The number of amides is 2. The third-order valence-corrected chi connectivity index (χ3v) is 1.42. The molecular formula is C5H11N3O2. The summed E-state index contributed by atoms with van der Waals surface area (Å²) < 4.78 is 5.03. The molecule has 1 fully saturated rings. The normalized spacial score (nSPS) is 18.7. The van der Waals surface area contributed by atoms with Crippen molar-refractivity contribution in [3.8, 4) is 0 Å². The molecule has 0 radical (unpaired) electrons. The van der Waals surface area contributed by atoms with Crippen LogP contribution in [0.2, 0.25) is 0 Å². The highest BCUT2D eigenvalue weighted by Crippen LogP contribution is 1.95. The van der Waals surface area contributed by atoms with Crippen LogP contribution in [0.25, 0.3) is 0 Å². The van der Waals surface area contributed by atoms with Crippen LogP contribution in [-0.2, 0) is 4.74 Å². The van der Waals surface area contributed by atoms with Crippen LogP contribution in [0.4, 0.5) is 4.79 Å². The predicted octanol–water partition coefficient (Wildman–Crippen LogP) is -1.10. The summed E-state index contributed by atoms with van der Waals surface area (Å²) in [7, 11) is 0. The number of rotatable bonds is 0. The Balaban J connectivity index is 2.31. The molecule has 0 aromatic rings. The van der Waals surface area contributed by atoms with Gasteiger partial charge in [-0.2, -0.15) is 0 Å². The molecule has 5 heteroatoms. The van der Waals surface area contributed by atoms with Gasteiger partial charge in [0.2, 0.25) is 0 Å². The number of hydrazine groups is 1. The standard InChI is InChI=1S/C5H11N3O2/c6-7-5(9)8-1-3-10-4-2-8/h1-4,6H2,(H,7,9). The Kier molecular flexibility index (Phi) is 2.47. The lowest BCUT2D eigenvalue weighted by atomic mass is 10.4. The number of carbonyl (C=O) groups is 1. The van der Waals surface area contributed by atoms with Crippen LogP contribution in [0.3, 0.4) is 0 Å². The van der Waals surface area contributed by atoms with Gasteiger partial charge >= 0.3 is 6.03 Å². The van der Waals surface area contributed by atoms with Gasteiger partial charge in [-0.1, -0.05) is 0 Å². The van der Waals surface area contributed by atoms with Gasteiger partial charge in [0.25, 0.3) is 0 Å². The molecule has 1 rings (SSSR count). The molecule has 0 atom stereocenters. The number of carbonyl (C=O) groups excluding carboxylic acids is 1. The maximum Gasteiger partial charge on any atom is 0.331 e. The summed E-state index contributed by atoms with van der Waals surface area (Å²) in [5.74, 6) is 4.92. The van der Waals surface area contributed by atoms with Crippen molar-refractivity contribution in [1.82, 2.24) is 10.3 Å². The Hall–Kier alpha value is -0.810. The first kappa shape index (κ1) is 7.30. The minimum Gasteiger partial charge on any atom is -0.378 e. The van der Waals surface area contributed by atoms with E-state index in [1.165, 1.54) is 0 Å². The molecule has 1 saturated heterocycles. The Morgan fingerprint density at radius 2 is 2.10 bits per heavy atom. The van der Waals surface area contributed by atoms with Crippen LogP contribution >= 0.6 is 0 Å². The van der Waals surface area contributed by atoms with Crippen molar-refractivity contribution in [2.75, 3.05) is 26.3 Å². The Morgan fingerprint density at radius 1 is 1.50 bits per heavy atom. The minimum absolute atomic E-state index is 0.233. The zero-order chi connectivity index (χ0) is 7.40. The lowest BCUT2D eigenvalue weighted by molar-refractivity contribution is 0.0532. The predicted molar refractivity (Wildman–Crippen MR) is 35.1 cm³/mol. The zero-order valence-electron chi connectivity index (χ0n) is 5.67. The van der Waals surface area contributed by atoms with E-state index in [0.717, 1.165) is 0 Å². The fourth-order valence-corrected chi connectivity index (χ4v) is 0.858. The summed E-state index contributed by atoms with van der Waals surface area (Å²) in [6.07, 6.45) is 0. The number of nitrogens with two attached hydrogens (primary N) is 1. The van der Waals surface area contributed by atoms with Crippen molar-refractivity contribution in [3.63, 3.8) is 0 Å². The van der Waals surface area contributed by atoms with E-state index < -0.39 is 0 Å². The number of nitrogens with zero attached hydrogens (tertiary/aromatic N) is 1. The van der Waals surface area contributed by atoms with Crippen LogP contribution in [0.15, 0.2) is 0 Å². The van der Waals surface area contributed by atoms with Gasteiger partial charge in [0, 0.05) is 13.1 Å². The van der Waals surface area contributed by atoms with Gasteiger partial charge < -0.3 is 9.64 Å². The molecule has 0 unspecified atom stereocenters. The number of ether oxygens (including phenoxy) is 1. The molecule has 0 aromatic carbocycles. The van der Waals surface area contributed by atoms with Gasteiger partial charge in [0.15, 0.2) is 0 Å². The number of urea groups is 1. The first-order valence-electron chi connectivity index (χ1n) is 3.18. The first-order valence-corrected chi connectivity index (χ1v) is 3.18. The van der Waals surface area contributed by atoms with E-state index in [-0.39, 0.29) is 6.03 Å². The Bertz CT molecular complexity index is 122. The highest BCUT2D eigenvalue weighted by atomic mass is 16.5. The first-order chi connectivity index (χ1) is 4.84.